The van der Waals surface area contributed by atoms with Crippen molar-refractivity contribution in [1.29, 1.82) is 0 Å². The van der Waals surface area contributed by atoms with Crippen molar-refractivity contribution >= 4 is 43.5 Å². The molecule has 3 amide bonds. The largest absolute Gasteiger partial charge is 0.378 e. The van der Waals surface area contributed by atoms with E-state index in [0.717, 1.165) is 54.0 Å². The van der Waals surface area contributed by atoms with E-state index in [1.807, 2.05) is 18.2 Å². The van der Waals surface area contributed by atoms with Crippen LogP contribution in [0.3, 0.4) is 0 Å². The molecule has 2 aliphatic carbocycles. The molecule has 6 nitrogen and oxygen atoms in total. The van der Waals surface area contributed by atoms with Gasteiger partial charge in [0.05, 0.1) is 11.4 Å². The van der Waals surface area contributed by atoms with Crippen molar-refractivity contribution < 1.29 is 14.4 Å². The van der Waals surface area contributed by atoms with Gasteiger partial charge in [-0.3, -0.25) is 14.4 Å². The third-order valence-electron chi connectivity index (χ3n) is 6.56. The highest BCUT2D eigenvalue weighted by Crippen LogP contribution is 2.41. The van der Waals surface area contributed by atoms with Crippen LogP contribution >= 0.6 is 0 Å². The van der Waals surface area contributed by atoms with Crippen molar-refractivity contribution in [2.24, 2.45) is 5.92 Å². The van der Waals surface area contributed by atoms with Crippen LogP contribution in [0.1, 0.15) is 43.2 Å². The Hall–Kier alpha value is -2.93. The molecule has 0 unspecified atom stereocenters. The van der Waals surface area contributed by atoms with Gasteiger partial charge in [-0.2, -0.15) is 0 Å². The average Bonchev–Trinajstić information content (AvgIpc) is 3.12. The lowest BCUT2D eigenvalue weighted by molar-refractivity contribution is -0.124. The highest BCUT2D eigenvalue weighted by molar-refractivity contribution is 6.91. The van der Waals surface area contributed by atoms with Crippen molar-refractivity contribution in [2.45, 2.75) is 51.6 Å². The number of hydrogen-bond donors (Lipinski definition) is 3. The van der Waals surface area contributed by atoms with Gasteiger partial charge in [-0.15, -0.1) is 0 Å². The summed E-state index contributed by atoms with van der Waals surface area (Å²) in [5.74, 6) is 0.177. The Labute approximate surface area is 183 Å². The fourth-order valence-electron chi connectivity index (χ4n) is 5.19. The van der Waals surface area contributed by atoms with E-state index in [9.17, 15) is 14.4 Å². The van der Waals surface area contributed by atoms with E-state index in [2.05, 4.69) is 40.8 Å². The minimum atomic E-state index is -2.54. The summed E-state index contributed by atoms with van der Waals surface area (Å²) in [5.41, 5.74) is 5.67. The summed E-state index contributed by atoms with van der Waals surface area (Å²) < 4.78 is 0. The van der Waals surface area contributed by atoms with Crippen LogP contribution in [0, 0.1) is 5.92 Å². The van der Waals surface area contributed by atoms with E-state index >= 15 is 0 Å². The molecule has 0 saturated heterocycles. The molecule has 0 heterocycles. The first-order valence-electron chi connectivity index (χ1n) is 11.0. The molecule has 1 fully saturated rings. The summed E-state index contributed by atoms with van der Waals surface area (Å²) in [6.45, 7) is 4.21. The minimum absolute atomic E-state index is 0.0598. The molecule has 0 atom stereocenters. The molecule has 0 aromatic heterocycles. The van der Waals surface area contributed by atoms with Crippen LogP contribution in [0.5, 0.6) is 0 Å². The van der Waals surface area contributed by atoms with Crippen LogP contribution in [0.4, 0.5) is 11.4 Å². The second-order valence-electron chi connectivity index (χ2n) is 9.01. The van der Waals surface area contributed by atoms with E-state index in [4.69, 9.17) is 0 Å². The number of carbonyl (C=O) groups is 3. The predicted molar refractivity (Wildman–Crippen MR) is 126 cm³/mol. The van der Waals surface area contributed by atoms with E-state index in [1.165, 1.54) is 12.0 Å². The molecule has 0 aliphatic heterocycles. The van der Waals surface area contributed by atoms with Gasteiger partial charge >= 0.3 is 0 Å². The van der Waals surface area contributed by atoms with Crippen LogP contribution < -0.4 is 20.8 Å². The summed E-state index contributed by atoms with van der Waals surface area (Å²) in [6.07, 6.45) is 7.27. The average molecular weight is 436 g/mol. The van der Waals surface area contributed by atoms with Crippen LogP contribution in [0.15, 0.2) is 30.3 Å². The lowest BCUT2D eigenvalue weighted by atomic mass is 9.89. The molecule has 4 rings (SSSR count). The van der Waals surface area contributed by atoms with E-state index < -0.39 is 8.24 Å². The van der Waals surface area contributed by atoms with Gasteiger partial charge in [0.2, 0.25) is 18.7 Å². The zero-order valence-corrected chi connectivity index (χ0v) is 19.1. The van der Waals surface area contributed by atoms with Gasteiger partial charge in [-0.1, -0.05) is 43.5 Å². The van der Waals surface area contributed by atoms with Crippen LogP contribution in [-0.4, -0.2) is 27.0 Å². The van der Waals surface area contributed by atoms with Gasteiger partial charge in [0, 0.05) is 5.92 Å². The second kappa shape index (κ2) is 8.67. The molecule has 0 bridgehead atoms. The third-order valence-corrected chi connectivity index (χ3v) is 9.24. The highest BCUT2D eigenvalue weighted by atomic mass is 28.3. The number of benzene rings is 2. The smallest absolute Gasteiger partial charge is 0.215 e. The lowest BCUT2D eigenvalue weighted by Gasteiger charge is -2.32. The first kappa shape index (κ1) is 21.3. The van der Waals surface area contributed by atoms with E-state index in [1.54, 1.807) is 0 Å². The fraction of sp³-hybridized carbons (Fsp3) is 0.375. The van der Waals surface area contributed by atoms with Gasteiger partial charge in [0.1, 0.15) is 0 Å². The molecule has 162 valence electrons. The molecular formula is C24H29N3O3Si. The maximum atomic E-state index is 13.1. The Morgan fingerprint density at radius 2 is 1.71 bits per heavy atom. The van der Waals surface area contributed by atoms with Crippen LogP contribution in [0.2, 0.25) is 13.1 Å². The SMILES string of the molecule is C[Si](C)(NC(=O)C1CCCCC1)c1c2c(cc(NC=O)c1NC=O)-c1ccccc1C2. The minimum Gasteiger partial charge on any atom is -0.378 e. The van der Waals surface area contributed by atoms with Crippen molar-refractivity contribution in [2.75, 3.05) is 10.6 Å². The van der Waals surface area contributed by atoms with Crippen LogP contribution in [-0.2, 0) is 20.8 Å². The van der Waals surface area contributed by atoms with Crippen molar-refractivity contribution in [3.05, 3.63) is 41.5 Å². The number of fused-ring (bicyclic) bond motifs is 3. The number of anilines is 2. The highest BCUT2D eigenvalue weighted by Gasteiger charge is 2.38. The molecule has 2 aromatic rings. The Balaban J connectivity index is 1.82. The maximum absolute atomic E-state index is 13.1. The Bertz CT molecular complexity index is 1030. The van der Waals surface area contributed by atoms with Crippen molar-refractivity contribution in [3.63, 3.8) is 0 Å². The van der Waals surface area contributed by atoms with Crippen LogP contribution in [0.25, 0.3) is 11.1 Å². The quantitative estimate of drug-likeness (QED) is 0.392. The van der Waals surface area contributed by atoms with Gasteiger partial charge in [-0.25, -0.2) is 0 Å². The maximum Gasteiger partial charge on any atom is 0.215 e. The molecule has 0 spiro atoms. The second-order valence-corrected chi connectivity index (χ2v) is 13.0. The number of hydrogen-bond acceptors (Lipinski definition) is 3. The van der Waals surface area contributed by atoms with Gasteiger partial charge < -0.3 is 15.6 Å². The monoisotopic (exact) mass is 435 g/mol. The first-order valence-corrected chi connectivity index (χ1v) is 14.0. The number of carbonyl (C=O) groups excluding carboxylic acids is 3. The molecule has 3 N–H and O–H groups in total. The third kappa shape index (κ3) is 4.02. The first-order chi connectivity index (χ1) is 15.0. The fourth-order valence-corrected chi connectivity index (χ4v) is 7.94. The molecule has 31 heavy (non-hydrogen) atoms. The summed E-state index contributed by atoms with van der Waals surface area (Å²) in [6, 6.07) is 10.1. The number of rotatable bonds is 7. The zero-order valence-electron chi connectivity index (χ0n) is 18.1. The van der Waals surface area contributed by atoms with E-state index in [-0.39, 0.29) is 11.8 Å². The summed E-state index contributed by atoms with van der Waals surface area (Å²) >= 11 is 0. The number of amides is 3. The molecule has 7 heteroatoms. The summed E-state index contributed by atoms with van der Waals surface area (Å²) in [7, 11) is -2.54. The zero-order chi connectivity index (χ0) is 22.0. The summed E-state index contributed by atoms with van der Waals surface area (Å²) in [5, 5.41) is 6.56. The lowest BCUT2D eigenvalue weighted by Crippen LogP contribution is -2.60. The Morgan fingerprint density at radius 1 is 1.00 bits per heavy atom. The Morgan fingerprint density at radius 3 is 2.42 bits per heavy atom. The standard InChI is InChI=1S/C24H29N3O3Si/c1-31(2,27-24(30)16-8-4-3-5-9-16)23-20-12-17-10-6-7-11-18(17)19(20)13-21(25-14-28)22(23)26-15-29/h6-7,10-11,13-16H,3-5,8-9,12H2,1-2H3,(H,25,28)(H,26,29)(H,27,30). The normalized spacial score (nSPS) is 15.5. The Kier molecular flexibility index (Phi) is 5.96. The predicted octanol–water partition coefficient (Wildman–Crippen LogP) is 3.50. The van der Waals surface area contributed by atoms with Crippen molar-refractivity contribution in [3.8, 4) is 11.1 Å². The molecule has 1 saturated carbocycles. The van der Waals surface area contributed by atoms with Gasteiger partial charge in [0.25, 0.3) is 0 Å². The topological polar surface area (TPSA) is 87.3 Å². The molecule has 2 aliphatic rings. The van der Waals surface area contributed by atoms with Gasteiger partial charge in [0.15, 0.2) is 8.24 Å². The molecule has 2 aromatic carbocycles. The summed E-state index contributed by atoms with van der Waals surface area (Å²) in [4.78, 5) is 39.4. The van der Waals surface area contributed by atoms with Crippen molar-refractivity contribution in [1.82, 2.24) is 4.98 Å². The molecule has 0 radical (unpaired) electrons. The van der Waals surface area contributed by atoms with Gasteiger partial charge in [-0.05, 0) is 65.9 Å². The number of nitrogens with one attached hydrogen (secondary N) is 3. The van der Waals surface area contributed by atoms with E-state index in [0.29, 0.717) is 24.2 Å². The molecular weight excluding hydrogens is 406 g/mol.